The van der Waals surface area contributed by atoms with E-state index in [0.717, 1.165) is 121 Å². The topological polar surface area (TPSA) is 237 Å². The summed E-state index contributed by atoms with van der Waals surface area (Å²) in [4.78, 5) is 72.7. The van der Waals surface area contributed by atoms with E-state index < -0.39 is 97.5 Å². The summed E-state index contributed by atoms with van der Waals surface area (Å²) in [5.74, 6) is 0.0611. The van der Waals surface area contributed by atoms with Gasteiger partial charge in [-0.05, 0) is 69.1 Å². The molecule has 0 bridgehead atoms. The van der Waals surface area contributed by atoms with E-state index in [-0.39, 0.29) is 25.7 Å². The van der Waals surface area contributed by atoms with E-state index in [1.165, 1.54) is 154 Å². The van der Waals surface area contributed by atoms with Gasteiger partial charge in [-0.15, -0.1) is 0 Å². The average molecular weight is 1410 g/mol. The van der Waals surface area contributed by atoms with Crippen LogP contribution in [0.2, 0.25) is 0 Å². The number of rotatable bonds is 73. The highest BCUT2D eigenvalue weighted by Gasteiger charge is 2.30. The van der Waals surface area contributed by atoms with Crippen molar-refractivity contribution in [1.29, 1.82) is 0 Å². The predicted octanol–water partition coefficient (Wildman–Crippen LogP) is 22.1. The lowest BCUT2D eigenvalue weighted by Gasteiger charge is -2.21. The molecule has 0 fully saturated rings. The Morgan fingerprint density at radius 1 is 0.323 bits per heavy atom. The third-order valence-electron chi connectivity index (χ3n) is 17.3. The van der Waals surface area contributed by atoms with Crippen molar-refractivity contribution in [3.63, 3.8) is 0 Å². The molecule has 2 unspecified atom stereocenters. The number of unbranched alkanes of at least 4 members (excludes halogenated alkanes) is 38. The molecular formula is C77H146O17P2. The van der Waals surface area contributed by atoms with Crippen LogP contribution < -0.4 is 0 Å². The maximum Gasteiger partial charge on any atom is 0.472 e. The van der Waals surface area contributed by atoms with Crippen LogP contribution >= 0.6 is 15.6 Å². The molecule has 566 valence electrons. The van der Waals surface area contributed by atoms with Crippen LogP contribution in [0, 0.1) is 17.8 Å². The lowest BCUT2D eigenvalue weighted by atomic mass is 10.0. The van der Waals surface area contributed by atoms with Crippen molar-refractivity contribution < 1.29 is 80.2 Å². The summed E-state index contributed by atoms with van der Waals surface area (Å²) in [6.45, 7) is 11.7. The van der Waals surface area contributed by atoms with E-state index in [1.807, 2.05) is 0 Å². The number of hydrogen-bond donors (Lipinski definition) is 3. The summed E-state index contributed by atoms with van der Waals surface area (Å²) >= 11 is 0. The quantitative estimate of drug-likeness (QED) is 0.0169. The van der Waals surface area contributed by atoms with Crippen molar-refractivity contribution in [3.05, 3.63) is 24.3 Å². The zero-order chi connectivity index (χ0) is 70.9. The van der Waals surface area contributed by atoms with Gasteiger partial charge in [0, 0.05) is 25.7 Å². The van der Waals surface area contributed by atoms with Crippen LogP contribution in [0.25, 0.3) is 0 Å². The van der Waals surface area contributed by atoms with Gasteiger partial charge in [0.1, 0.15) is 19.3 Å². The molecule has 0 heterocycles. The van der Waals surface area contributed by atoms with Gasteiger partial charge >= 0.3 is 39.5 Å². The van der Waals surface area contributed by atoms with Crippen LogP contribution in [0.3, 0.4) is 0 Å². The van der Waals surface area contributed by atoms with Crippen LogP contribution in [0.5, 0.6) is 0 Å². The van der Waals surface area contributed by atoms with Gasteiger partial charge < -0.3 is 33.8 Å². The minimum Gasteiger partial charge on any atom is -0.462 e. The van der Waals surface area contributed by atoms with E-state index in [2.05, 4.69) is 72.8 Å². The molecule has 96 heavy (non-hydrogen) atoms. The molecule has 19 heteroatoms. The maximum atomic E-state index is 13.1. The molecule has 0 aromatic carbocycles. The minimum absolute atomic E-state index is 0.101. The third kappa shape index (κ3) is 70.0. The lowest BCUT2D eigenvalue weighted by molar-refractivity contribution is -0.161. The first-order chi connectivity index (χ1) is 46.2. The molecule has 17 nitrogen and oxygen atoms in total. The highest BCUT2D eigenvalue weighted by molar-refractivity contribution is 7.47. The Hall–Kier alpha value is -2.46. The molecular weight excluding hydrogens is 1260 g/mol. The standard InChI is InChI=1S/C77H146O17P2/c1-8-9-10-11-12-13-14-15-20-24-27-30-36-44-51-58-74(79)87-64-72(93-76(81)60-53-46-37-31-28-25-22-19-17-16-18-21-23-26-29-34-41-48-55-68(2)3)66-91-95(83,84)89-62-71(78)63-90-96(85,86)92-67-73(65-88-75(80)59-52-45-40-39-43-50-57-70(6)7)94-77(82)61-54-47-38-33-32-35-42-49-56-69(4)5/h13-15,20,68-73,78H,8-12,16-19,21-67H2,1-7H3,(H,83,84)(H,85,86)/b14-13-,20-15-/t71-,72-,73-/m1/s1. The van der Waals surface area contributed by atoms with Gasteiger partial charge in [0.05, 0.1) is 26.4 Å². The molecule has 0 amide bonds. The molecule has 0 radical (unpaired) electrons. The number of carbonyl (C=O) groups is 4. The van der Waals surface area contributed by atoms with Gasteiger partial charge in [-0.1, -0.05) is 317 Å². The number of carbonyl (C=O) groups excluding carboxylic acids is 4. The Labute approximate surface area is 586 Å². The van der Waals surface area contributed by atoms with Crippen molar-refractivity contribution >= 4 is 39.5 Å². The molecule has 0 saturated heterocycles. The fourth-order valence-corrected chi connectivity index (χ4v) is 12.8. The van der Waals surface area contributed by atoms with Crippen LogP contribution in [-0.2, 0) is 65.4 Å². The Bertz CT molecular complexity index is 1960. The number of esters is 4. The first kappa shape index (κ1) is 93.5. The molecule has 0 saturated carbocycles. The minimum atomic E-state index is -4.97. The average Bonchev–Trinajstić information content (AvgIpc) is 2.01. The zero-order valence-electron chi connectivity index (χ0n) is 62.3. The summed E-state index contributed by atoms with van der Waals surface area (Å²) in [7, 11) is -9.92. The van der Waals surface area contributed by atoms with Gasteiger partial charge in [0.25, 0.3) is 0 Å². The molecule has 0 spiro atoms. The molecule has 0 aliphatic carbocycles. The number of phosphoric acid groups is 2. The molecule has 0 aromatic rings. The van der Waals surface area contributed by atoms with E-state index in [0.29, 0.717) is 37.5 Å². The van der Waals surface area contributed by atoms with Gasteiger partial charge in [-0.3, -0.25) is 37.3 Å². The van der Waals surface area contributed by atoms with E-state index >= 15 is 0 Å². The molecule has 0 aliphatic rings. The highest BCUT2D eigenvalue weighted by Crippen LogP contribution is 2.45. The SMILES string of the molecule is CCCCCC/C=C\C=C/CCCCCCCC(=O)OC[C@H](COP(=O)(O)OC[C@@H](O)COP(=O)(O)OC[C@@H](COC(=O)CCCCCCCCC(C)C)OC(=O)CCCCCCCCCCC(C)C)OC(=O)CCCCCCCCCCCCCCCCCCCCC(C)C. The van der Waals surface area contributed by atoms with Crippen LogP contribution in [0.15, 0.2) is 24.3 Å². The number of phosphoric ester groups is 2. The van der Waals surface area contributed by atoms with Crippen LogP contribution in [-0.4, -0.2) is 96.7 Å². The van der Waals surface area contributed by atoms with Crippen molar-refractivity contribution in [2.24, 2.45) is 17.8 Å². The molecule has 3 N–H and O–H groups in total. The van der Waals surface area contributed by atoms with Gasteiger partial charge in [0.15, 0.2) is 12.2 Å². The summed E-state index contributed by atoms with van der Waals surface area (Å²) in [6, 6.07) is 0. The largest absolute Gasteiger partial charge is 0.472 e. The van der Waals surface area contributed by atoms with Crippen molar-refractivity contribution in [2.45, 2.75) is 388 Å². The van der Waals surface area contributed by atoms with Crippen molar-refractivity contribution in [2.75, 3.05) is 39.6 Å². The molecule has 0 rings (SSSR count). The van der Waals surface area contributed by atoms with Crippen molar-refractivity contribution in [3.8, 4) is 0 Å². The zero-order valence-corrected chi connectivity index (χ0v) is 64.1. The summed E-state index contributed by atoms with van der Waals surface area (Å²) in [5.41, 5.74) is 0. The highest BCUT2D eigenvalue weighted by atomic mass is 31.2. The predicted molar refractivity (Wildman–Crippen MR) is 390 cm³/mol. The molecule has 0 aliphatic heterocycles. The molecule has 5 atom stereocenters. The second-order valence-electron chi connectivity index (χ2n) is 28.5. The first-order valence-electron chi connectivity index (χ1n) is 39.2. The second-order valence-corrected chi connectivity index (χ2v) is 31.4. The van der Waals surface area contributed by atoms with E-state index in [1.54, 1.807) is 0 Å². The Morgan fingerprint density at radius 3 is 0.844 bits per heavy atom. The fraction of sp³-hybridized carbons (Fsp3) is 0.896. The summed E-state index contributed by atoms with van der Waals surface area (Å²) < 4.78 is 68.4. The summed E-state index contributed by atoms with van der Waals surface area (Å²) in [6.07, 6.45) is 56.7. The smallest absolute Gasteiger partial charge is 0.462 e. The fourth-order valence-electron chi connectivity index (χ4n) is 11.2. The number of hydrogen-bond acceptors (Lipinski definition) is 15. The van der Waals surface area contributed by atoms with Crippen LogP contribution in [0.4, 0.5) is 0 Å². The number of ether oxygens (including phenoxy) is 4. The Balaban J connectivity index is 5.23. The van der Waals surface area contributed by atoms with E-state index in [4.69, 9.17) is 37.0 Å². The van der Waals surface area contributed by atoms with Crippen LogP contribution in [0.1, 0.15) is 370 Å². The lowest BCUT2D eigenvalue weighted by Crippen LogP contribution is -2.30. The Morgan fingerprint density at radius 2 is 0.562 bits per heavy atom. The number of aliphatic hydroxyl groups is 1. The molecule has 0 aromatic heterocycles. The first-order valence-corrected chi connectivity index (χ1v) is 42.2. The number of aliphatic hydroxyl groups excluding tert-OH is 1. The third-order valence-corrected chi connectivity index (χ3v) is 19.2. The second kappa shape index (κ2) is 67.1. The van der Waals surface area contributed by atoms with Gasteiger partial charge in [0.2, 0.25) is 0 Å². The Kier molecular flexibility index (Phi) is 65.3. The summed E-state index contributed by atoms with van der Waals surface area (Å²) in [5, 5.41) is 10.6. The van der Waals surface area contributed by atoms with Crippen molar-refractivity contribution in [1.82, 2.24) is 0 Å². The maximum absolute atomic E-state index is 13.1. The monoisotopic (exact) mass is 1410 g/mol. The van der Waals surface area contributed by atoms with Gasteiger partial charge in [-0.25, -0.2) is 9.13 Å². The normalized spacial score (nSPS) is 14.2. The number of allylic oxidation sites excluding steroid dienone is 4. The van der Waals surface area contributed by atoms with E-state index in [9.17, 15) is 43.2 Å². The van der Waals surface area contributed by atoms with Gasteiger partial charge in [-0.2, -0.15) is 0 Å².